The number of benzene rings is 4. The van der Waals surface area contributed by atoms with Gasteiger partial charge in [0.15, 0.2) is 6.29 Å². The predicted octanol–water partition coefficient (Wildman–Crippen LogP) is 7.39. The number of methoxy groups -OCH3 is 1. The van der Waals surface area contributed by atoms with E-state index in [0.717, 1.165) is 69.0 Å². The van der Waals surface area contributed by atoms with Gasteiger partial charge in [0.25, 0.3) is 0 Å². The van der Waals surface area contributed by atoms with Gasteiger partial charge in [0, 0.05) is 80.1 Å². The number of hydrogen-bond acceptors (Lipinski definition) is 10. The molecular formula is C41H44FN7O3. The third kappa shape index (κ3) is 8.01. The summed E-state index contributed by atoms with van der Waals surface area (Å²) >= 11 is 0. The zero-order valence-electron chi connectivity index (χ0n) is 29.6. The van der Waals surface area contributed by atoms with E-state index in [9.17, 15) is 4.79 Å². The van der Waals surface area contributed by atoms with Crippen molar-refractivity contribution in [2.24, 2.45) is 0 Å². The molecule has 11 heteroatoms. The average Bonchev–Trinajstić information content (AvgIpc) is 3.19. The quantitative estimate of drug-likeness (QED) is 0.128. The molecule has 0 amide bonds. The molecule has 0 bridgehead atoms. The highest BCUT2D eigenvalue weighted by molar-refractivity contribution is 5.87. The van der Waals surface area contributed by atoms with E-state index in [-0.39, 0.29) is 23.5 Å². The summed E-state index contributed by atoms with van der Waals surface area (Å²) in [6.07, 6.45) is 4.30. The van der Waals surface area contributed by atoms with E-state index in [1.54, 1.807) is 25.4 Å². The van der Waals surface area contributed by atoms with Crippen molar-refractivity contribution < 1.29 is 18.7 Å². The topological polar surface area (TPSA) is 95.1 Å². The van der Waals surface area contributed by atoms with E-state index in [1.165, 1.54) is 0 Å². The molecule has 0 spiro atoms. The number of carbonyl (C=O) groups excluding carboxylic acids is 1. The molecule has 7 rings (SSSR count). The maximum Gasteiger partial charge on any atom is 0.229 e. The van der Waals surface area contributed by atoms with Gasteiger partial charge in [0.05, 0.1) is 18.4 Å². The molecule has 2 fully saturated rings. The molecule has 0 atom stereocenters. The van der Waals surface area contributed by atoms with Crippen LogP contribution >= 0.6 is 0 Å². The molecule has 52 heavy (non-hydrogen) atoms. The summed E-state index contributed by atoms with van der Waals surface area (Å²) in [7, 11) is 3.85. The number of anilines is 5. The fourth-order valence-electron chi connectivity index (χ4n) is 6.92. The van der Waals surface area contributed by atoms with E-state index in [1.807, 2.05) is 72.8 Å². The summed E-state index contributed by atoms with van der Waals surface area (Å²) in [4.78, 5) is 29.0. The summed E-state index contributed by atoms with van der Waals surface area (Å²) in [5.74, 6) is 0.755. The minimum atomic E-state index is -0.717. The Balaban J connectivity index is 1.11. The monoisotopic (exact) mass is 701 g/mol. The summed E-state index contributed by atoms with van der Waals surface area (Å²) < 4.78 is 27.8. The average molecular weight is 702 g/mol. The number of para-hydroxylation sites is 1. The van der Waals surface area contributed by atoms with Gasteiger partial charge in [-0.05, 0) is 61.9 Å². The van der Waals surface area contributed by atoms with Gasteiger partial charge < -0.3 is 29.9 Å². The van der Waals surface area contributed by atoms with Crippen LogP contribution in [-0.4, -0.2) is 85.5 Å². The van der Waals surface area contributed by atoms with Gasteiger partial charge in [-0.3, -0.25) is 9.69 Å². The molecule has 4 aromatic carbocycles. The van der Waals surface area contributed by atoms with Gasteiger partial charge in [0.1, 0.15) is 29.7 Å². The van der Waals surface area contributed by atoms with Crippen molar-refractivity contribution in [2.45, 2.75) is 25.5 Å². The number of hydrogen-bond donors (Lipinski definition) is 2. The maximum atomic E-state index is 16.1. The van der Waals surface area contributed by atoms with E-state index in [0.29, 0.717) is 41.1 Å². The van der Waals surface area contributed by atoms with Gasteiger partial charge >= 0.3 is 0 Å². The van der Waals surface area contributed by atoms with Crippen LogP contribution in [0.1, 0.15) is 28.8 Å². The summed E-state index contributed by atoms with van der Waals surface area (Å²) in [5.41, 5.74) is 3.85. The van der Waals surface area contributed by atoms with Crippen LogP contribution < -0.4 is 25.0 Å². The van der Waals surface area contributed by atoms with Gasteiger partial charge in [0.2, 0.25) is 5.95 Å². The molecule has 2 aliphatic heterocycles. The molecule has 1 aromatic heterocycles. The predicted molar refractivity (Wildman–Crippen MR) is 204 cm³/mol. The second-order valence-corrected chi connectivity index (χ2v) is 13.2. The molecule has 2 saturated heterocycles. The highest BCUT2D eigenvalue weighted by Crippen LogP contribution is 2.37. The largest absolute Gasteiger partial charge is 0.494 e. The van der Waals surface area contributed by atoms with Crippen molar-refractivity contribution in [3.05, 3.63) is 114 Å². The van der Waals surface area contributed by atoms with E-state index in [4.69, 9.17) is 14.5 Å². The lowest BCUT2D eigenvalue weighted by molar-refractivity contribution is 0.0982. The van der Waals surface area contributed by atoms with Crippen LogP contribution in [-0.2, 0) is 6.61 Å². The van der Waals surface area contributed by atoms with Gasteiger partial charge in [-0.1, -0.05) is 48.5 Å². The van der Waals surface area contributed by atoms with E-state index < -0.39 is 5.82 Å². The second kappa shape index (κ2) is 16.2. The van der Waals surface area contributed by atoms with Crippen molar-refractivity contribution >= 4 is 35.1 Å². The van der Waals surface area contributed by atoms with Crippen molar-refractivity contribution in [1.82, 2.24) is 19.8 Å². The van der Waals surface area contributed by atoms with Gasteiger partial charge in [-0.2, -0.15) is 4.98 Å². The molecule has 0 unspecified atom stereocenters. The zero-order chi connectivity index (χ0) is 35.9. The van der Waals surface area contributed by atoms with Crippen LogP contribution in [0, 0.1) is 5.82 Å². The van der Waals surface area contributed by atoms with Crippen molar-refractivity contribution in [3.63, 3.8) is 0 Å². The van der Waals surface area contributed by atoms with Crippen LogP contribution in [0.2, 0.25) is 0 Å². The Kier molecular flexibility index (Phi) is 10.9. The number of nitrogens with one attached hydrogen (secondary N) is 2. The van der Waals surface area contributed by atoms with Crippen LogP contribution in [0.4, 0.5) is 33.2 Å². The van der Waals surface area contributed by atoms with Crippen molar-refractivity contribution in [3.8, 4) is 22.6 Å². The Hall–Kier alpha value is -5.52. The first kappa shape index (κ1) is 34.9. The Morgan fingerprint density at radius 2 is 1.58 bits per heavy atom. The van der Waals surface area contributed by atoms with Gasteiger partial charge in [-0.15, -0.1) is 0 Å². The summed E-state index contributed by atoms with van der Waals surface area (Å²) in [6.45, 7) is 6.75. The standard InChI is InChI=1S/C41H44FN7O3/c1-47-21-23-49(24-22-47)31-17-19-48(20-18-31)32-13-15-36(38(25-32)51-2)45-41-43-26-34(40(46-41)44-30-11-7-4-8-12-30)33-14-16-37(35(27-50)39(33)42)52-28-29-9-5-3-6-10-29/h3-16,25-27,31H,17-24,28H2,1-2H3,(H2,43,44,45,46). The molecule has 3 heterocycles. The molecule has 0 aliphatic carbocycles. The Morgan fingerprint density at radius 1 is 0.846 bits per heavy atom. The normalized spacial score (nSPS) is 15.6. The third-order valence-corrected chi connectivity index (χ3v) is 9.93. The lowest BCUT2D eigenvalue weighted by Gasteiger charge is -2.42. The lowest BCUT2D eigenvalue weighted by Crippen LogP contribution is -2.52. The first-order valence-corrected chi connectivity index (χ1v) is 17.8. The number of nitrogens with zero attached hydrogens (tertiary/aromatic N) is 5. The van der Waals surface area contributed by atoms with Crippen molar-refractivity contribution in [2.75, 3.05) is 69.0 Å². The van der Waals surface area contributed by atoms with Crippen LogP contribution in [0.3, 0.4) is 0 Å². The number of rotatable bonds is 12. The highest BCUT2D eigenvalue weighted by atomic mass is 19.1. The number of aromatic nitrogens is 2. The number of piperazine rings is 1. The number of ether oxygens (including phenoxy) is 2. The minimum Gasteiger partial charge on any atom is -0.494 e. The Labute approximate surface area is 304 Å². The molecule has 5 aromatic rings. The molecular weight excluding hydrogens is 657 g/mol. The number of likely N-dealkylation sites (N-methyl/N-ethyl adjacent to an activating group) is 1. The number of aldehydes is 1. The zero-order valence-corrected chi connectivity index (χ0v) is 29.6. The van der Waals surface area contributed by atoms with Crippen LogP contribution in [0.25, 0.3) is 11.1 Å². The number of halogens is 1. The molecule has 268 valence electrons. The molecule has 2 N–H and O–H groups in total. The fraction of sp³-hybridized carbons (Fsp3) is 0.293. The van der Waals surface area contributed by atoms with Crippen molar-refractivity contribution in [1.29, 1.82) is 0 Å². The van der Waals surface area contributed by atoms with Crippen LogP contribution in [0.15, 0.2) is 97.2 Å². The van der Waals surface area contributed by atoms with Gasteiger partial charge in [-0.25, -0.2) is 9.37 Å². The Bertz CT molecular complexity index is 1970. The number of piperidine rings is 1. The first-order chi connectivity index (χ1) is 25.5. The lowest BCUT2D eigenvalue weighted by atomic mass is 10.0. The SMILES string of the molecule is COc1cc(N2CCC(N3CCN(C)CC3)CC2)ccc1Nc1ncc(-c2ccc(OCc3ccccc3)c(C=O)c2F)c(Nc2ccccc2)n1. The second-order valence-electron chi connectivity index (χ2n) is 13.2. The number of carbonyl (C=O) groups is 1. The smallest absolute Gasteiger partial charge is 0.229 e. The van der Waals surface area contributed by atoms with E-state index in [2.05, 4.69) is 43.4 Å². The Morgan fingerprint density at radius 3 is 2.29 bits per heavy atom. The molecule has 2 aliphatic rings. The molecule has 10 nitrogen and oxygen atoms in total. The first-order valence-electron chi connectivity index (χ1n) is 17.8. The fourth-order valence-corrected chi connectivity index (χ4v) is 6.92. The molecule has 0 radical (unpaired) electrons. The highest BCUT2D eigenvalue weighted by Gasteiger charge is 2.27. The summed E-state index contributed by atoms with van der Waals surface area (Å²) in [5, 5.41) is 6.62. The maximum absolute atomic E-state index is 16.1. The summed E-state index contributed by atoms with van der Waals surface area (Å²) in [6, 6.07) is 28.9. The minimum absolute atomic E-state index is 0.159. The molecule has 0 saturated carbocycles. The van der Waals surface area contributed by atoms with Crippen LogP contribution in [0.5, 0.6) is 11.5 Å². The van der Waals surface area contributed by atoms with E-state index >= 15 is 4.39 Å². The third-order valence-electron chi connectivity index (χ3n) is 9.93.